The molecule has 2 unspecified atom stereocenters. The molecule has 1 fully saturated rings. The fourth-order valence-corrected chi connectivity index (χ4v) is 14.8. The Hall–Kier alpha value is -6.00. The zero-order chi connectivity index (χ0) is 53.7. The Kier molecular flexibility index (Phi) is 11.5. The predicted octanol–water partition coefficient (Wildman–Crippen LogP) is 18.2. The quantitative estimate of drug-likeness (QED) is 0.163. The minimum atomic E-state index is -0.145. The summed E-state index contributed by atoms with van der Waals surface area (Å²) in [5.41, 5.74) is 25.3. The Labute approximate surface area is 458 Å². The number of hydrogen-bond donors (Lipinski definition) is 0. The number of nitrogens with zero attached hydrogens (tertiary/aromatic N) is 3. The van der Waals surface area contributed by atoms with E-state index in [1.54, 1.807) is 0 Å². The van der Waals surface area contributed by atoms with Gasteiger partial charge in [-0.15, -0.1) is 0 Å². The van der Waals surface area contributed by atoms with Gasteiger partial charge < -0.3 is 14.7 Å². The average molecular weight is 1000 g/mol. The van der Waals surface area contributed by atoms with Gasteiger partial charge in [0.1, 0.15) is 0 Å². The van der Waals surface area contributed by atoms with E-state index in [1.807, 2.05) is 0 Å². The molecule has 5 aliphatic rings. The van der Waals surface area contributed by atoms with Crippen LogP contribution in [0.2, 0.25) is 0 Å². The lowest BCUT2D eigenvalue weighted by Gasteiger charge is -2.49. The maximum absolute atomic E-state index is 2.81. The van der Waals surface area contributed by atoms with E-state index >= 15 is 0 Å². The lowest BCUT2D eigenvalue weighted by molar-refractivity contribution is 0.218. The third-order valence-electron chi connectivity index (χ3n) is 19.8. The molecule has 4 heteroatoms. The second kappa shape index (κ2) is 17.3. The summed E-state index contributed by atoms with van der Waals surface area (Å²) < 4.78 is 0. The topological polar surface area (TPSA) is 9.72 Å². The molecule has 3 nitrogen and oxygen atoms in total. The molecule has 0 aromatic heterocycles. The zero-order valence-electron chi connectivity index (χ0n) is 48.9. The van der Waals surface area contributed by atoms with Crippen LogP contribution in [0.25, 0.3) is 11.1 Å². The van der Waals surface area contributed by atoms with E-state index in [0.717, 1.165) is 12.8 Å². The molecule has 3 aliphatic heterocycles. The molecule has 7 aromatic rings. The molecule has 390 valence electrons. The van der Waals surface area contributed by atoms with Gasteiger partial charge in [0.05, 0.1) is 11.2 Å². The Morgan fingerprint density at radius 3 is 1.62 bits per heavy atom. The van der Waals surface area contributed by atoms with Crippen LogP contribution in [0.3, 0.4) is 0 Å². The standard InChI is InChI=1S/C72H84BN3/c1-66(2,3)48-29-32-51(33-30-48)74-61-44-52(76-60-28-22-21-27-54(60)71(14)37-23-16-17-24-38-72(71,76)15)34-35-57(61)73-58-45-55-56(70(12,13)40-39-69(55,10)11)46-62(58)75(64-43-50(68(7,8)9)42-63(74)65(64)73)59-36-31-49(67(4,5)6)41-53(59)47-25-19-18-20-26-47/h18-22,25-36,41-46H,16-17,23-24,37-40H2,1-15H3. The second-order valence-electron chi connectivity index (χ2n) is 28.8. The minimum absolute atomic E-state index is 0.00677. The summed E-state index contributed by atoms with van der Waals surface area (Å²) in [6.07, 6.45) is 9.84. The molecular formula is C72H84BN3. The van der Waals surface area contributed by atoms with Gasteiger partial charge in [-0.3, -0.25) is 0 Å². The van der Waals surface area contributed by atoms with Crippen LogP contribution < -0.4 is 31.1 Å². The van der Waals surface area contributed by atoms with Crippen molar-refractivity contribution in [1.82, 2.24) is 0 Å². The first-order valence-corrected chi connectivity index (χ1v) is 29.1. The molecule has 76 heavy (non-hydrogen) atoms. The largest absolute Gasteiger partial charge is 0.334 e. The summed E-state index contributed by atoms with van der Waals surface area (Å²) in [7, 11) is 0. The van der Waals surface area contributed by atoms with Crippen molar-refractivity contribution in [3.8, 4) is 11.1 Å². The highest BCUT2D eigenvalue weighted by atomic mass is 15.3. The fraction of sp³-hybridized carbons (Fsp3) is 0.417. The average Bonchev–Trinajstić information content (AvgIpc) is 3.73. The smallest absolute Gasteiger partial charge is 0.252 e. The van der Waals surface area contributed by atoms with Crippen LogP contribution in [0.4, 0.5) is 45.5 Å². The molecule has 2 atom stereocenters. The van der Waals surface area contributed by atoms with Crippen molar-refractivity contribution in [2.45, 2.75) is 193 Å². The molecule has 0 spiro atoms. The molecule has 0 saturated heterocycles. The summed E-state index contributed by atoms with van der Waals surface area (Å²) in [6, 6.07) is 55.9. The SMILES string of the molecule is CC(C)(C)c1ccc(N2c3cc(N4c5ccccc5C5(C)CCCCCCC45C)ccc3B3c4cc5c(cc4N(c4ccc(C(C)(C)C)cc4-c4ccccc4)c4cc(C(C)(C)C)cc2c43)C(C)(C)CCC5(C)C)cc1. The van der Waals surface area contributed by atoms with E-state index in [1.165, 1.54) is 145 Å². The first-order chi connectivity index (χ1) is 35.8. The number of fused-ring (bicyclic) bond motifs is 8. The molecule has 7 aromatic carbocycles. The summed E-state index contributed by atoms with van der Waals surface area (Å²) >= 11 is 0. The third-order valence-corrected chi connectivity index (χ3v) is 19.8. The first kappa shape index (κ1) is 50.8. The Morgan fingerprint density at radius 2 is 0.961 bits per heavy atom. The maximum atomic E-state index is 2.81. The highest BCUT2D eigenvalue weighted by Gasteiger charge is 2.57. The predicted molar refractivity (Wildman–Crippen MR) is 329 cm³/mol. The summed E-state index contributed by atoms with van der Waals surface area (Å²) in [6.45, 7) is 36.5. The molecule has 12 rings (SSSR count). The number of anilines is 8. The van der Waals surface area contributed by atoms with E-state index in [9.17, 15) is 0 Å². The van der Waals surface area contributed by atoms with Gasteiger partial charge in [0.2, 0.25) is 0 Å². The molecule has 0 bridgehead atoms. The highest BCUT2D eigenvalue weighted by Crippen LogP contribution is 2.60. The van der Waals surface area contributed by atoms with E-state index in [0.29, 0.717) is 0 Å². The molecule has 0 radical (unpaired) electrons. The maximum Gasteiger partial charge on any atom is 0.252 e. The van der Waals surface area contributed by atoms with Gasteiger partial charge in [0.25, 0.3) is 6.71 Å². The Balaban J connectivity index is 1.20. The summed E-state index contributed by atoms with van der Waals surface area (Å²) in [5.74, 6) is 0. The van der Waals surface area contributed by atoms with Gasteiger partial charge in [-0.1, -0.05) is 201 Å². The lowest BCUT2D eigenvalue weighted by atomic mass is 9.33. The van der Waals surface area contributed by atoms with Gasteiger partial charge in [-0.25, -0.2) is 0 Å². The fourth-order valence-electron chi connectivity index (χ4n) is 14.8. The number of rotatable bonds is 4. The van der Waals surface area contributed by atoms with E-state index in [2.05, 4.69) is 258 Å². The monoisotopic (exact) mass is 1000 g/mol. The van der Waals surface area contributed by atoms with Crippen molar-refractivity contribution < 1.29 is 0 Å². The van der Waals surface area contributed by atoms with Gasteiger partial charge in [-0.05, 0) is 176 Å². The van der Waals surface area contributed by atoms with Crippen LogP contribution in [0, 0.1) is 0 Å². The molecule has 1 saturated carbocycles. The second-order valence-corrected chi connectivity index (χ2v) is 28.8. The van der Waals surface area contributed by atoms with E-state index in [-0.39, 0.29) is 44.7 Å². The molecule has 0 amide bonds. The van der Waals surface area contributed by atoms with Gasteiger partial charge >= 0.3 is 0 Å². The minimum Gasteiger partial charge on any atom is -0.334 e. The Morgan fingerprint density at radius 1 is 0.395 bits per heavy atom. The van der Waals surface area contributed by atoms with Gasteiger partial charge in [0, 0.05) is 50.8 Å². The van der Waals surface area contributed by atoms with Crippen molar-refractivity contribution in [3.63, 3.8) is 0 Å². The van der Waals surface area contributed by atoms with Crippen LogP contribution in [0.1, 0.15) is 189 Å². The lowest BCUT2D eigenvalue weighted by Crippen LogP contribution is -2.62. The van der Waals surface area contributed by atoms with Crippen molar-refractivity contribution >= 4 is 68.6 Å². The van der Waals surface area contributed by atoms with Gasteiger partial charge in [0.15, 0.2) is 0 Å². The van der Waals surface area contributed by atoms with Crippen LogP contribution in [0.15, 0.2) is 140 Å². The first-order valence-electron chi connectivity index (χ1n) is 29.1. The van der Waals surface area contributed by atoms with Crippen LogP contribution in [-0.2, 0) is 32.5 Å². The normalized spacial score (nSPS) is 21.4. The van der Waals surface area contributed by atoms with Crippen LogP contribution >= 0.6 is 0 Å². The van der Waals surface area contributed by atoms with Crippen LogP contribution in [0.5, 0.6) is 0 Å². The van der Waals surface area contributed by atoms with Crippen molar-refractivity contribution in [1.29, 1.82) is 0 Å². The van der Waals surface area contributed by atoms with E-state index in [4.69, 9.17) is 0 Å². The van der Waals surface area contributed by atoms with Crippen LogP contribution in [-0.4, -0.2) is 12.3 Å². The van der Waals surface area contributed by atoms with E-state index < -0.39 is 0 Å². The molecule has 0 N–H and O–H groups in total. The molecular weight excluding hydrogens is 918 g/mol. The van der Waals surface area contributed by atoms with Gasteiger partial charge in [-0.2, -0.15) is 0 Å². The molecule has 3 heterocycles. The third kappa shape index (κ3) is 7.79. The van der Waals surface area contributed by atoms with Crippen molar-refractivity contribution in [2.75, 3.05) is 14.7 Å². The van der Waals surface area contributed by atoms with Crippen molar-refractivity contribution in [3.05, 3.63) is 173 Å². The van der Waals surface area contributed by atoms with Crippen molar-refractivity contribution in [2.24, 2.45) is 0 Å². The number of benzene rings is 7. The Bertz CT molecular complexity index is 3430. The zero-order valence-corrected chi connectivity index (χ0v) is 48.9. The molecule has 2 aliphatic carbocycles. The summed E-state index contributed by atoms with van der Waals surface area (Å²) in [4.78, 5) is 8.22. The number of hydrogen-bond acceptors (Lipinski definition) is 3. The number of para-hydroxylation sites is 1. The summed E-state index contributed by atoms with van der Waals surface area (Å²) in [5, 5.41) is 0. The highest BCUT2D eigenvalue weighted by molar-refractivity contribution is 7.00.